The highest BCUT2D eigenvalue weighted by atomic mass is 19.2. The Labute approximate surface area is 237 Å². The lowest BCUT2D eigenvalue weighted by Crippen LogP contribution is -2.40. The van der Waals surface area contributed by atoms with Gasteiger partial charge in [0.15, 0.2) is 29.1 Å². The summed E-state index contributed by atoms with van der Waals surface area (Å²) in [6.07, 6.45) is -1.69. The largest absolute Gasteiger partial charge is 0.383 e. The Morgan fingerprint density at radius 1 is 0.762 bits per heavy atom. The normalized spacial score (nSPS) is 11.6. The maximum atomic E-state index is 14.4. The van der Waals surface area contributed by atoms with Crippen LogP contribution in [0, 0.1) is 29.1 Å². The van der Waals surface area contributed by atoms with E-state index < -0.39 is 58.4 Å². The van der Waals surface area contributed by atoms with Gasteiger partial charge < -0.3 is 15.3 Å². The molecule has 0 aliphatic rings. The van der Waals surface area contributed by atoms with E-state index in [2.05, 4.69) is 5.32 Å². The topological polar surface area (TPSA) is 86.7 Å². The van der Waals surface area contributed by atoms with Crippen LogP contribution in [0.1, 0.15) is 38.8 Å². The number of anilines is 2. The van der Waals surface area contributed by atoms with Crippen LogP contribution in [0.4, 0.5) is 33.3 Å². The number of rotatable bonds is 9. The van der Waals surface area contributed by atoms with E-state index in [1.807, 2.05) is 0 Å². The predicted octanol–water partition coefficient (Wildman–Crippen LogP) is 5.97. The van der Waals surface area contributed by atoms with Crippen molar-refractivity contribution in [3.05, 3.63) is 130 Å². The number of aliphatic hydroxyl groups excluding tert-OH is 1. The molecule has 42 heavy (non-hydrogen) atoms. The number of nitrogens with one attached hydrogen (secondary N) is 1. The van der Waals surface area contributed by atoms with Gasteiger partial charge in [0, 0.05) is 12.0 Å². The Kier molecular flexibility index (Phi) is 9.12. The lowest BCUT2D eigenvalue weighted by molar-refractivity contribution is -0.126. The highest BCUT2D eigenvalue weighted by Gasteiger charge is 2.32. The van der Waals surface area contributed by atoms with Crippen molar-refractivity contribution in [3.63, 3.8) is 0 Å². The first kappa shape index (κ1) is 30.1. The molecule has 6 nitrogen and oxygen atoms in total. The standard InChI is InChI=1S/C31H23F5N2O4/c1-17(39)20-12-13-21(37-30(41)24-25(32)27(34)29(36)28(35)26(24)33)22(15-20)38(16-19-10-6-3-7-11-19)31(42)23(40)14-18-8-4-2-5-9-18/h2-13,15,23,40H,14,16H2,1H3,(H,37,41). The molecule has 0 aliphatic carbocycles. The van der Waals surface area contributed by atoms with Crippen LogP contribution in [-0.4, -0.2) is 28.8 Å². The first-order valence-electron chi connectivity index (χ1n) is 12.5. The lowest BCUT2D eigenvalue weighted by atomic mass is 10.0. The second-order valence-electron chi connectivity index (χ2n) is 9.30. The maximum Gasteiger partial charge on any atom is 0.261 e. The van der Waals surface area contributed by atoms with Crippen LogP contribution in [0.2, 0.25) is 0 Å². The summed E-state index contributed by atoms with van der Waals surface area (Å²) in [5.41, 5.74) is -0.926. The summed E-state index contributed by atoms with van der Waals surface area (Å²) in [6, 6.07) is 20.6. The average Bonchev–Trinajstić information content (AvgIpc) is 2.98. The highest BCUT2D eigenvalue weighted by molar-refractivity contribution is 6.09. The Hall–Kier alpha value is -4.90. The quantitative estimate of drug-likeness (QED) is 0.110. The predicted molar refractivity (Wildman–Crippen MR) is 144 cm³/mol. The summed E-state index contributed by atoms with van der Waals surface area (Å²) in [4.78, 5) is 39.9. The van der Waals surface area contributed by atoms with E-state index in [1.54, 1.807) is 60.7 Å². The number of carbonyl (C=O) groups is 3. The van der Waals surface area contributed by atoms with Gasteiger partial charge in [0.1, 0.15) is 11.7 Å². The number of aliphatic hydroxyl groups is 1. The molecule has 2 N–H and O–H groups in total. The molecular weight excluding hydrogens is 559 g/mol. The van der Waals surface area contributed by atoms with Crippen molar-refractivity contribution in [2.75, 3.05) is 10.2 Å². The van der Waals surface area contributed by atoms with E-state index in [0.717, 1.165) is 11.0 Å². The second kappa shape index (κ2) is 12.7. The number of hydrogen-bond acceptors (Lipinski definition) is 4. The van der Waals surface area contributed by atoms with Gasteiger partial charge in [-0.1, -0.05) is 60.7 Å². The summed E-state index contributed by atoms with van der Waals surface area (Å²) in [5, 5.41) is 13.0. The van der Waals surface area contributed by atoms with Crippen molar-refractivity contribution in [3.8, 4) is 0 Å². The van der Waals surface area contributed by atoms with Gasteiger partial charge in [-0.3, -0.25) is 14.4 Å². The van der Waals surface area contributed by atoms with Crippen molar-refractivity contribution in [1.29, 1.82) is 0 Å². The molecule has 0 bridgehead atoms. The van der Waals surface area contributed by atoms with E-state index in [0.29, 0.717) is 11.1 Å². The Morgan fingerprint density at radius 3 is 1.83 bits per heavy atom. The Balaban J connectivity index is 1.81. The third kappa shape index (κ3) is 6.36. The van der Waals surface area contributed by atoms with E-state index in [9.17, 15) is 41.4 Å². The molecule has 11 heteroatoms. The van der Waals surface area contributed by atoms with E-state index in [-0.39, 0.29) is 29.9 Å². The van der Waals surface area contributed by atoms with Gasteiger partial charge in [-0.25, -0.2) is 22.0 Å². The van der Waals surface area contributed by atoms with E-state index >= 15 is 0 Å². The minimum atomic E-state index is -2.43. The van der Waals surface area contributed by atoms with Crippen molar-refractivity contribution in [2.45, 2.75) is 26.0 Å². The number of amides is 2. The highest BCUT2D eigenvalue weighted by Crippen LogP contribution is 2.32. The zero-order valence-electron chi connectivity index (χ0n) is 22.0. The molecule has 0 spiro atoms. The molecule has 1 atom stereocenters. The fourth-order valence-electron chi connectivity index (χ4n) is 4.22. The number of hydrogen-bond donors (Lipinski definition) is 2. The summed E-state index contributed by atoms with van der Waals surface area (Å²) >= 11 is 0. The minimum Gasteiger partial charge on any atom is -0.383 e. The van der Waals surface area contributed by atoms with E-state index in [4.69, 9.17) is 0 Å². The minimum absolute atomic E-state index is 0.0719. The first-order chi connectivity index (χ1) is 20.0. The fourth-order valence-corrected chi connectivity index (χ4v) is 4.22. The molecule has 216 valence electrons. The van der Waals surface area contributed by atoms with Gasteiger partial charge in [0.2, 0.25) is 5.82 Å². The summed E-state index contributed by atoms with van der Waals surface area (Å²) in [6.45, 7) is 1.05. The third-order valence-corrected chi connectivity index (χ3v) is 6.39. The number of nitrogens with zero attached hydrogens (tertiary/aromatic N) is 1. The SMILES string of the molecule is CC(=O)c1ccc(NC(=O)c2c(F)c(F)c(F)c(F)c2F)c(N(Cc2ccccc2)C(=O)C(O)Cc2ccccc2)c1. The first-order valence-corrected chi connectivity index (χ1v) is 12.5. The van der Waals surface area contributed by atoms with Gasteiger partial charge in [0.25, 0.3) is 11.8 Å². The summed E-state index contributed by atoms with van der Waals surface area (Å²) in [5.74, 6) is -14.7. The van der Waals surface area contributed by atoms with Gasteiger partial charge in [-0.15, -0.1) is 0 Å². The fraction of sp³-hybridized carbons (Fsp3) is 0.129. The van der Waals surface area contributed by atoms with Crippen LogP contribution < -0.4 is 10.2 Å². The summed E-state index contributed by atoms with van der Waals surface area (Å²) in [7, 11) is 0. The van der Waals surface area contributed by atoms with Gasteiger partial charge in [0.05, 0.1) is 17.9 Å². The van der Waals surface area contributed by atoms with Gasteiger partial charge in [-0.2, -0.15) is 0 Å². The Bertz CT molecular complexity index is 1620. The van der Waals surface area contributed by atoms with Gasteiger partial charge >= 0.3 is 0 Å². The van der Waals surface area contributed by atoms with Crippen LogP contribution >= 0.6 is 0 Å². The van der Waals surface area contributed by atoms with Crippen LogP contribution in [0.5, 0.6) is 0 Å². The molecule has 0 saturated carbocycles. The van der Waals surface area contributed by atoms with Crippen molar-refractivity contribution in [2.24, 2.45) is 0 Å². The molecular formula is C31H23F5N2O4. The number of benzene rings is 4. The molecule has 1 unspecified atom stereocenters. The number of carbonyl (C=O) groups excluding carboxylic acids is 3. The van der Waals surface area contributed by atoms with Crippen LogP contribution in [0.25, 0.3) is 0 Å². The zero-order chi connectivity index (χ0) is 30.6. The molecule has 0 radical (unpaired) electrons. The molecule has 4 aromatic rings. The molecule has 0 fully saturated rings. The van der Waals surface area contributed by atoms with Crippen molar-refractivity contribution < 1.29 is 41.4 Å². The van der Waals surface area contributed by atoms with Gasteiger partial charge in [-0.05, 0) is 36.2 Å². The van der Waals surface area contributed by atoms with Crippen molar-refractivity contribution >= 4 is 29.0 Å². The zero-order valence-corrected chi connectivity index (χ0v) is 22.0. The molecule has 0 saturated heterocycles. The van der Waals surface area contributed by atoms with Crippen LogP contribution in [-0.2, 0) is 17.8 Å². The number of ketones is 1. The van der Waals surface area contributed by atoms with Crippen LogP contribution in [0.3, 0.4) is 0 Å². The lowest BCUT2D eigenvalue weighted by Gasteiger charge is -2.28. The van der Waals surface area contributed by atoms with E-state index in [1.165, 1.54) is 19.1 Å². The average molecular weight is 583 g/mol. The molecule has 2 amide bonds. The van der Waals surface area contributed by atoms with Crippen molar-refractivity contribution in [1.82, 2.24) is 0 Å². The molecule has 4 rings (SSSR count). The maximum absolute atomic E-state index is 14.4. The number of halogens is 5. The molecule has 4 aromatic carbocycles. The monoisotopic (exact) mass is 582 g/mol. The number of Topliss-reactive ketones (excluding diaryl/α,β-unsaturated/α-hetero) is 1. The molecule has 0 heterocycles. The molecule has 0 aromatic heterocycles. The summed E-state index contributed by atoms with van der Waals surface area (Å²) < 4.78 is 69.9. The smallest absolute Gasteiger partial charge is 0.261 e. The second-order valence-corrected chi connectivity index (χ2v) is 9.30. The molecule has 0 aliphatic heterocycles. The Morgan fingerprint density at radius 2 is 1.29 bits per heavy atom. The third-order valence-electron chi connectivity index (χ3n) is 6.39. The van der Waals surface area contributed by atoms with Crippen LogP contribution in [0.15, 0.2) is 78.9 Å².